The summed E-state index contributed by atoms with van der Waals surface area (Å²) in [6, 6.07) is 4.37. The highest BCUT2D eigenvalue weighted by Crippen LogP contribution is 2.57. The third kappa shape index (κ3) is 1.80. The first-order chi connectivity index (χ1) is 9.08. The van der Waals surface area contributed by atoms with E-state index in [1.165, 1.54) is 19.2 Å². The van der Waals surface area contributed by atoms with Crippen LogP contribution in [0, 0.1) is 17.7 Å². The molecule has 5 heteroatoms. The van der Waals surface area contributed by atoms with Crippen molar-refractivity contribution < 1.29 is 23.8 Å². The molecule has 1 aromatic carbocycles. The van der Waals surface area contributed by atoms with E-state index in [1.54, 1.807) is 6.07 Å². The molecule has 4 nitrogen and oxygen atoms in total. The Morgan fingerprint density at radius 2 is 2.26 bits per heavy atom. The van der Waals surface area contributed by atoms with E-state index >= 15 is 0 Å². The summed E-state index contributed by atoms with van der Waals surface area (Å²) in [6.45, 7) is 0.864. The van der Waals surface area contributed by atoms with Gasteiger partial charge in [0.25, 0.3) is 0 Å². The third-order valence-electron chi connectivity index (χ3n) is 4.23. The second-order valence-corrected chi connectivity index (χ2v) is 5.28. The van der Waals surface area contributed by atoms with Gasteiger partial charge in [-0.3, -0.25) is 4.79 Å². The number of carboxylic acid groups (broad SMARTS) is 1. The lowest BCUT2D eigenvalue weighted by molar-refractivity contribution is -0.140. The number of halogens is 1. The number of aliphatic carboxylic acids is 1. The molecule has 2 fully saturated rings. The fraction of sp³-hybridized carbons (Fsp3) is 0.500. The summed E-state index contributed by atoms with van der Waals surface area (Å²) in [7, 11) is 1.53. The van der Waals surface area contributed by atoms with E-state index in [9.17, 15) is 9.18 Å². The summed E-state index contributed by atoms with van der Waals surface area (Å²) < 4.78 is 24.1. The van der Waals surface area contributed by atoms with Gasteiger partial charge in [0.15, 0.2) is 0 Å². The Balaban J connectivity index is 1.99. The van der Waals surface area contributed by atoms with Crippen molar-refractivity contribution in [1.82, 2.24) is 0 Å². The molecular formula is C14H15FO4. The van der Waals surface area contributed by atoms with Crippen LogP contribution in [0.5, 0.6) is 5.75 Å². The summed E-state index contributed by atoms with van der Waals surface area (Å²) >= 11 is 0. The molecule has 1 aromatic rings. The normalized spacial score (nSPS) is 27.5. The van der Waals surface area contributed by atoms with Crippen LogP contribution in [0.3, 0.4) is 0 Å². The zero-order valence-electron chi connectivity index (χ0n) is 10.6. The average molecular weight is 266 g/mol. The Labute approximate surface area is 110 Å². The van der Waals surface area contributed by atoms with Gasteiger partial charge >= 0.3 is 5.97 Å². The van der Waals surface area contributed by atoms with Gasteiger partial charge in [-0.15, -0.1) is 0 Å². The van der Waals surface area contributed by atoms with Crippen molar-refractivity contribution in [2.45, 2.75) is 11.8 Å². The van der Waals surface area contributed by atoms with Gasteiger partial charge in [0.2, 0.25) is 0 Å². The second kappa shape index (κ2) is 4.20. The maximum Gasteiger partial charge on any atom is 0.306 e. The predicted octanol–water partition coefficient (Wildman–Crippen LogP) is 1.82. The van der Waals surface area contributed by atoms with Crippen molar-refractivity contribution in [2.75, 3.05) is 20.3 Å². The van der Waals surface area contributed by atoms with Crippen molar-refractivity contribution in [3.05, 3.63) is 29.6 Å². The van der Waals surface area contributed by atoms with Crippen LogP contribution in [-0.2, 0) is 14.9 Å². The molecule has 1 heterocycles. The van der Waals surface area contributed by atoms with Gasteiger partial charge in [0.05, 0.1) is 26.2 Å². The second-order valence-electron chi connectivity index (χ2n) is 5.28. The predicted molar refractivity (Wildman–Crippen MR) is 64.7 cm³/mol. The Morgan fingerprint density at radius 1 is 1.53 bits per heavy atom. The molecule has 3 rings (SSSR count). The van der Waals surface area contributed by atoms with Gasteiger partial charge in [-0.25, -0.2) is 4.39 Å². The minimum absolute atomic E-state index is 0.00875. The van der Waals surface area contributed by atoms with E-state index in [4.69, 9.17) is 14.6 Å². The lowest BCUT2D eigenvalue weighted by Gasteiger charge is -2.43. The Morgan fingerprint density at radius 3 is 2.74 bits per heavy atom. The Hall–Kier alpha value is -1.62. The van der Waals surface area contributed by atoms with Gasteiger partial charge in [0, 0.05) is 11.0 Å². The van der Waals surface area contributed by atoms with Gasteiger partial charge in [-0.1, -0.05) is 0 Å². The zero-order valence-corrected chi connectivity index (χ0v) is 10.6. The molecular weight excluding hydrogens is 251 g/mol. The van der Waals surface area contributed by atoms with Crippen LogP contribution < -0.4 is 4.74 Å². The molecule has 2 unspecified atom stereocenters. The lowest BCUT2D eigenvalue weighted by atomic mass is 9.73. The van der Waals surface area contributed by atoms with Gasteiger partial charge in [0.1, 0.15) is 11.6 Å². The molecule has 0 spiro atoms. The quantitative estimate of drug-likeness (QED) is 0.903. The monoisotopic (exact) mass is 266 g/mol. The van der Waals surface area contributed by atoms with Crippen molar-refractivity contribution in [2.24, 2.45) is 11.8 Å². The lowest BCUT2D eigenvalue weighted by Crippen LogP contribution is -2.49. The van der Waals surface area contributed by atoms with E-state index in [0.29, 0.717) is 25.4 Å². The van der Waals surface area contributed by atoms with E-state index in [-0.39, 0.29) is 17.7 Å². The number of carboxylic acids is 1. The summed E-state index contributed by atoms with van der Waals surface area (Å²) in [4.78, 5) is 11.1. The van der Waals surface area contributed by atoms with Gasteiger partial charge in [-0.2, -0.15) is 0 Å². The average Bonchev–Trinajstić information content (AvgIpc) is 3.09. The molecule has 1 aliphatic carbocycles. The first-order valence-corrected chi connectivity index (χ1v) is 6.23. The standard InChI is InChI=1S/C14H15FO4/c1-18-12-3-2-8(15)4-11(12)14(6-19-7-14)10-5-9(10)13(16)17/h2-4,9-10H,5-7H2,1H3,(H,16,17). The molecule has 0 aromatic heterocycles. The van der Waals surface area contributed by atoms with Crippen LogP contribution in [0.25, 0.3) is 0 Å². The summed E-state index contributed by atoms with van der Waals surface area (Å²) in [6.07, 6.45) is 0.623. The number of ether oxygens (including phenoxy) is 2. The van der Waals surface area contributed by atoms with Crippen LogP contribution >= 0.6 is 0 Å². The molecule has 2 aliphatic rings. The van der Waals surface area contributed by atoms with Crippen LogP contribution in [0.15, 0.2) is 18.2 Å². The molecule has 0 radical (unpaired) electrons. The maximum absolute atomic E-state index is 13.5. The highest BCUT2D eigenvalue weighted by Gasteiger charge is 2.61. The molecule has 1 N–H and O–H groups in total. The number of rotatable bonds is 4. The fourth-order valence-corrected chi connectivity index (χ4v) is 3.04. The van der Waals surface area contributed by atoms with Crippen LogP contribution in [-0.4, -0.2) is 31.4 Å². The fourth-order valence-electron chi connectivity index (χ4n) is 3.04. The number of hydrogen-bond acceptors (Lipinski definition) is 3. The Bertz CT molecular complexity index is 524. The van der Waals surface area contributed by atoms with Crippen molar-refractivity contribution in [3.8, 4) is 5.75 Å². The van der Waals surface area contributed by atoms with Crippen LogP contribution in [0.4, 0.5) is 4.39 Å². The first-order valence-electron chi connectivity index (χ1n) is 6.23. The van der Waals surface area contributed by atoms with Gasteiger partial charge < -0.3 is 14.6 Å². The molecule has 2 atom stereocenters. The molecule has 0 amide bonds. The first kappa shape index (κ1) is 12.4. The number of methoxy groups -OCH3 is 1. The molecule has 0 bridgehead atoms. The van der Waals surface area contributed by atoms with Crippen molar-refractivity contribution in [3.63, 3.8) is 0 Å². The topological polar surface area (TPSA) is 55.8 Å². The van der Waals surface area contributed by atoms with E-state index in [2.05, 4.69) is 0 Å². The van der Waals surface area contributed by atoms with E-state index in [1.807, 2.05) is 0 Å². The summed E-state index contributed by atoms with van der Waals surface area (Å²) in [5, 5.41) is 9.09. The SMILES string of the molecule is COc1ccc(F)cc1C1(C2CC2C(=O)O)COC1. The molecule has 1 aliphatic heterocycles. The van der Waals surface area contributed by atoms with Crippen molar-refractivity contribution >= 4 is 5.97 Å². The third-order valence-corrected chi connectivity index (χ3v) is 4.23. The van der Waals surface area contributed by atoms with E-state index < -0.39 is 11.4 Å². The zero-order chi connectivity index (χ0) is 13.6. The summed E-state index contributed by atoms with van der Waals surface area (Å²) in [5.41, 5.74) is 0.325. The molecule has 19 heavy (non-hydrogen) atoms. The smallest absolute Gasteiger partial charge is 0.306 e. The molecule has 1 saturated heterocycles. The molecule has 102 valence electrons. The molecule has 1 saturated carbocycles. The highest BCUT2D eigenvalue weighted by atomic mass is 19.1. The Kier molecular flexibility index (Phi) is 2.74. The van der Waals surface area contributed by atoms with Crippen molar-refractivity contribution in [1.29, 1.82) is 0 Å². The highest BCUT2D eigenvalue weighted by molar-refractivity contribution is 5.74. The van der Waals surface area contributed by atoms with Crippen LogP contribution in [0.1, 0.15) is 12.0 Å². The van der Waals surface area contributed by atoms with Gasteiger partial charge in [-0.05, 0) is 30.5 Å². The van der Waals surface area contributed by atoms with Crippen LogP contribution in [0.2, 0.25) is 0 Å². The minimum atomic E-state index is -0.786. The minimum Gasteiger partial charge on any atom is -0.496 e. The maximum atomic E-state index is 13.5. The number of hydrogen-bond donors (Lipinski definition) is 1. The number of benzene rings is 1. The summed E-state index contributed by atoms with van der Waals surface area (Å²) in [5.74, 6) is -0.867. The largest absolute Gasteiger partial charge is 0.496 e. The number of carbonyl (C=O) groups is 1. The van der Waals surface area contributed by atoms with E-state index in [0.717, 1.165) is 5.56 Å².